The Morgan fingerprint density at radius 3 is 2.52 bits per heavy atom. The van der Waals surface area contributed by atoms with Crippen molar-refractivity contribution in [1.82, 2.24) is 10.6 Å². The summed E-state index contributed by atoms with van der Waals surface area (Å²) in [7, 11) is 0. The lowest BCUT2D eigenvalue weighted by Gasteiger charge is -2.07. The molecule has 0 saturated heterocycles. The molecule has 21 heavy (non-hydrogen) atoms. The Labute approximate surface area is 132 Å². The number of nitrogens with one attached hydrogen (secondary N) is 2. The average molecular weight is 307 g/mol. The summed E-state index contributed by atoms with van der Waals surface area (Å²) in [6, 6.07) is 14.4. The number of amides is 1. The van der Waals surface area contributed by atoms with Crippen molar-refractivity contribution in [3.8, 4) is 0 Å². The van der Waals surface area contributed by atoms with Gasteiger partial charge in [-0.15, -0.1) is 12.4 Å². The molecule has 2 N–H and O–H groups in total. The summed E-state index contributed by atoms with van der Waals surface area (Å²) in [6.45, 7) is 4.65. The van der Waals surface area contributed by atoms with E-state index in [1.54, 1.807) is 0 Å². The number of hydrogen-bond donors (Lipinski definition) is 2. The highest BCUT2D eigenvalue weighted by molar-refractivity contribution is 5.85. The molecule has 0 aliphatic rings. The fourth-order valence-electron chi connectivity index (χ4n) is 2.19. The first-order valence-corrected chi connectivity index (χ1v) is 7.24. The third-order valence-corrected chi connectivity index (χ3v) is 3.23. The van der Waals surface area contributed by atoms with E-state index in [4.69, 9.17) is 0 Å². The minimum Gasteiger partial charge on any atom is -0.355 e. The van der Waals surface area contributed by atoms with Gasteiger partial charge in [-0.05, 0) is 29.3 Å². The van der Waals surface area contributed by atoms with E-state index in [2.05, 4.69) is 41.8 Å². The van der Waals surface area contributed by atoms with Crippen LogP contribution >= 0.6 is 12.4 Å². The number of carbonyl (C=O) groups excluding carboxylic acids is 1. The highest BCUT2D eigenvalue weighted by Gasteiger charge is 2.03. The Morgan fingerprint density at radius 2 is 1.76 bits per heavy atom. The van der Waals surface area contributed by atoms with Gasteiger partial charge in [0.25, 0.3) is 0 Å². The van der Waals surface area contributed by atoms with Gasteiger partial charge in [-0.25, -0.2) is 0 Å². The van der Waals surface area contributed by atoms with Crippen LogP contribution in [0, 0.1) is 0 Å². The van der Waals surface area contributed by atoms with E-state index in [0.717, 1.165) is 25.1 Å². The number of hydrogen-bond acceptors (Lipinski definition) is 2. The Morgan fingerprint density at radius 1 is 1.00 bits per heavy atom. The standard InChI is InChI=1S/C17H22N2O.ClH/c1-2-9-18-10-11-19-17(20)13-14-7-8-15-5-3-4-6-16(15)12-14;/h3-8,12,18H,2,9-11,13H2,1H3,(H,19,20);1H. The number of benzene rings is 2. The first-order chi connectivity index (χ1) is 9.79. The van der Waals surface area contributed by atoms with Crippen LogP contribution in [0.2, 0.25) is 0 Å². The van der Waals surface area contributed by atoms with Gasteiger partial charge in [-0.2, -0.15) is 0 Å². The second-order valence-corrected chi connectivity index (χ2v) is 4.96. The van der Waals surface area contributed by atoms with Crippen molar-refractivity contribution in [1.29, 1.82) is 0 Å². The molecule has 3 nitrogen and oxygen atoms in total. The van der Waals surface area contributed by atoms with E-state index in [-0.39, 0.29) is 18.3 Å². The molecule has 0 atom stereocenters. The van der Waals surface area contributed by atoms with Crippen molar-refractivity contribution >= 4 is 29.1 Å². The fourth-order valence-corrected chi connectivity index (χ4v) is 2.19. The first-order valence-electron chi connectivity index (χ1n) is 7.24. The fraction of sp³-hybridized carbons (Fsp3) is 0.353. The lowest BCUT2D eigenvalue weighted by atomic mass is 10.1. The van der Waals surface area contributed by atoms with Crippen molar-refractivity contribution < 1.29 is 4.79 Å². The van der Waals surface area contributed by atoms with Crippen molar-refractivity contribution in [3.63, 3.8) is 0 Å². The van der Waals surface area contributed by atoms with Crippen LogP contribution in [0.3, 0.4) is 0 Å². The summed E-state index contributed by atoms with van der Waals surface area (Å²) in [5.74, 6) is 0.0820. The topological polar surface area (TPSA) is 41.1 Å². The Bertz CT molecular complexity index is 571. The Balaban J connectivity index is 0.00000220. The van der Waals surface area contributed by atoms with Crippen LogP contribution < -0.4 is 10.6 Å². The lowest BCUT2D eigenvalue weighted by Crippen LogP contribution is -2.32. The molecule has 0 bridgehead atoms. The summed E-state index contributed by atoms with van der Waals surface area (Å²) >= 11 is 0. The molecule has 2 rings (SSSR count). The van der Waals surface area contributed by atoms with Gasteiger partial charge in [0.2, 0.25) is 5.91 Å². The molecule has 0 spiro atoms. The van der Waals surface area contributed by atoms with Crippen LogP contribution in [0.5, 0.6) is 0 Å². The highest BCUT2D eigenvalue weighted by atomic mass is 35.5. The molecule has 0 saturated carbocycles. The van der Waals surface area contributed by atoms with Gasteiger partial charge in [0.15, 0.2) is 0 Å². The van der Waals surface area contributed by atoms with Crippen LogP contribution in [-0.2, 0) is 11.2 Å². The number of rotatable bonds is 7. The molecule has 114 valence electrons. The van der Waals surface area contributed by atoms with Gasteiger partial charge in [-0.1, -0.05) is 49.4 Å². The maximum absolute atomic E-state index is 11.8. The first kappa shape index (κ1) is 17.5. The largest absolute Gasteiger partial charge is 0.355 e. The van der Waals surface area contributed by atoms with Crippen LogP contribution in [0.15, 0.2) is 42.5 Å². The van der Waals surface area contributed by atoms with E-state index >= 15 is 0 Å². The molecule has 0 aliphatic carbocycles. The molecular weight excluding hydrogens is 284 g/mol. The molecule has 0 radical (unpaired) electrons. The summed E-state index contributed by atoms with van der Waals surface area (Å²) in [6.07, 6.45) is 1.56. The molecule has 2 aromatic carbocycles. The highest BCUT2D eigenvalue weighted by Crippen LogP contribution is 2.15. The van der Waals surface area contributed by atoms with Crippen molar-refractivity contribution in [2.75, 3.05) is 19.6 Å². The predicted octanol–water partition coefficient (Wildman–Crippen LogP) is 2.92. The zero-order chi connectivity index (χ0) is 14.2. The smallest absolute Gasteiger partial charge is 0.224 e. The second kappa shape index (κ2) is 9.37. The zero-order valence-corrected chi connectivity index (χ0v) is 13.2. The van der Waals surface area contributed by atoms with Gasteiger partial charge < -0.3 is 10.6 Å². The minimum atomic E-state index is 0. The van der Waals surface area contributed by atoms with Gasteiger partial charge in [0.05, 0.1) is 6.42 Å². The SMILES string of the molecule is CCCNCCNC(=O)Cc1ccc2ccccc2c1.Cl. The quantitative estimate of drug-likeness (QED) is 0.772. The molecule has 0 aromatic heterocycles. The molecule has 0 unspecified atom stereocenters. The molecule has 0 heterocycles. The average Bonchev–Trinajstić information content (AvgIpc) is 2.47. The molecule has 0 aliphatic heterocycles. The third-order valence-electron chi connectivity index (χ3n) is 3.23. The van der Waals surface area contributed by atoms with Crippen LogP contribution in [0.1, 0.15) is 18.9 Å². The normalized spacial score (nSPS) is 10.1. The molecule has 4 heteroatoms. The Kier molecular flexibility index (Phi) is 7.80. The number of fused-ring (bicyclic) bond motifs is 1. The van der Waals surface area contributed by atoms with Gasteiger partial charge >= 0.3 is 0 Å². The summed E-state index contributed by atoms with van der Waals surface area (Å²) in [5.41, 5.74) is 1.06. The molecule has 1 amide bonds. The van der Waals surface area contributed by atoms with E-state index in [9.17, 15) is 4.79 Å². The van der Waals surface area contributed by atoms with Crippen molar-refractivity contribution in [2.45, 2.75) is 19.8 Å². The van der Waals surface area contributed by atoms with Gasteiger partial charge in [0, 0.05) is 13.1 Å². The maximum Gasteiger partial charge on any atom is 0.224 e. The van der Waals surface area contributed by atoms with Gasteiger partial charge in [-0.3, -0.25) is 4.79 Å². The Hall–Kier alpha value is -1.58. The van der Waals surface area contributed by atoms with E-state index in [1.807, 2.05) is 18.2 Å². The summed E-state index contributed by atoms with van der Waals surface area (Å²) in [5, 5.41) is 8.59. The molecule has 2 aromatic rings. The number of carbonyl (C=O) groups is 1. The van der Waals surface area contributed by atoms with Crippen LogP contribution in [0.25, 0.3) is 10.8 Å². The third kappa shape index (κ3) is 5.74. The van der Waals surface area contributed by atoms with Gasteiger partial charge in [0.1, 0.15) is 0 Å². The van der Waals surface area contributed by atoms with Crippen molar-refractivity contribution in [3.05, 3.63) is 48.0 Å². The predicted molar refractivity (Wildman–Crippen MR) is 91.1 cm³/mol. The lowest BCUT2D eigenvalue weighted by molar-refractivity contribution is -0.120. The van der Waals surface area contributed by atoms with E-state index in [0.29, 0.717) is 13.0 Å². The maximum atomic E-state index is 11.8. The van der Waals surface area contributed by atoms with Crippen LogP contribution in [-0.4, -0.2) is 25.5 Å². The molecular formula is C17H23ClN2O. The monoisotopic (exact) mass is 306 g/mol. The zero-order valence-electron chi connectivity index (χ0n) is 12.4. The van der Waals surface area contributed by atoms with Crippen LogP contribution in [0.4, 0.5) is 0 Å². The summed E-state index contributed by atoms with van der Waals surface area (Å²) in [4.78, 5) is 11.8. The molecule has 0 fully saturated rings. The van der Waals surface area contributed by atoms with Crippen molar-refractivity contribution in [2.24, 2.45) is 0 Å². The minimum absolute atomic E-state index is 0. The van der Waals surface area contributed by atoms with E-state index in [1.165, 1.54) is 10.8 Å². The number of halogens is 1. The second-order valence-electron chi connectivity index (χ2n) is 4.96. The van der Waals surface area contributed by atoms with E-state index < -0.39 is 0 Å². The summed E-state index contributed by atoms with van der Waals surface area (Å²) < 4.78 is 0.